The van der Waals surface area contributed by atoms with Crippen LogP contribution >= 0.6 is 11.6 Å². The van der Waals surface area contributed by atoms with Gasteiger partial charge in [0.15, 0.2) is 0 Å². The number of rotatable bonds is 4. The Balaban J connectivity index is 2.22. The van der Waals surface area contributed by atoms with Gasteiger partial charge in [0, 0.05) is 23.7 Å². The Labute approximate surface area is 124 Å². The van der Waals surface area contributed by atoms with E-state index in [4.69, 9.17) is 21.4 Å². The molecule has 3 nitrogen and oxygen atoms in total. The average Bonchev–Trinajstić information content (AvgIpc) is 2.38. The molecule has 1 N–H and O–H groups in total. The highest BCUT2D eigenvalue weighted by molar-refractivity contribution is 6.31. The first-order chi connectivity index (χ1) is 9.40. The maximum Gasteiger partial charge on any atom is 0.304 e. The van der Waals surface area contributed by atoms with Crippen LogP contribution < -0.4 is 0 Å². The van der Waals surface area contributed by atoms with Gasteiger partial charge in [-0.3, -0.25) is 4.79 Å². The predicted molar refractivity (Wildman–Crippen MR) is 79.5 cm³/mol. The fourth-order valence-electron chi connectivity index (χ4n) is 2.77. The van der Waals surface area contributed by atoms with E-state index in [0.717, 1.165) is 42.2 Å². The first-order valence-corrected chi connectivity index (χ1v) is 7.37. The summed E-state index contributed by atoms with van der Waals surface area (Å²) in [6.45, 7) is 5.43. The Morgan fingerprint density at radius 1 is 1.40 bits per heavy atom. The molecule has 1 fully saturated rings. The monoisotopic (exact) mass is 296 g/mol. The van der Waals surface area contributed by atoms with Gasteiger partial charge in [0.25, 0.3) is 0 Å². The molecular weight excluding hydrogens is 276 g/mol. The van der Waals surface area contributed by atoms with Gasteiger partial charge in [0.1, 0.15) is 0 Å². The number of hydrogen-bond donors (Lipinski definition) is 1. The highest BCUT2D eigenvalue weighted by atomic mass is 35.5. The van der Waals surface area contributed by atoms with Gasteiger partial charge in [-0.2, -0.15) is 0 Å². The highest BCUT2D eigenvalue weighted by Crippen LogP contribution is 2.36. The van der Waals surface area contributed by atoms with Crippen LogP contribution in [0, 0.1) is 0 Å². The second-order valence-electron chi connectivity index (χ2n) is 6.08. The van der Waals surface area contributed by atoms with E-state index in [1.54, 1.807) is 0 Å². The van der Waals surface area contributed by atoms with Crippen molar-refractivity contribution in [2.24, 2.45) is 0 Å². The van der Waals surface area contributed by atoms with Crippen molar-refractivity contribution < 1.29 is 14.6 Å². The molecule has 1 aromatic carbocycles. The van der Waals surface area contributed by atoms with Crippen LogP contribution in [0.25, 0.3) is 0 Å². The van der Waals surface area contributed by atoms with Gasteiger partial charge < -0.3 is 9.84 Å². The minimum Gasteiger partial charge on any atom is -0.481 e. The van der Waals surface area contributed by atoms with Crippen LogP contribution in [-0.2, 0) is 14.9 Å². The van der Waals surface area contributed by atoms with Gasteiger partial charge in [-0.25, -0.2) is 0 Å². The molecule has 1 aliphatic heterocycles. The van der Waals surface area contributed by atoms with Crippen LogP contribution in [0.5, 0.6) is 0 Å². The van der Waals surface area contributed by atoms with E-state index in [-0.39, 0.29) is 6.42 Å². The Morgan fingerprint density at radius 2 is 2.05 bits per heavy atom. The van der Waals surface area contributed by atoms with Crippen molar-refractivity contribution in [2.75, 3.05) is 13.2 Å². The zero-order valence-electron chi connectivity index (χ0n) is 12.0. The summed E-state index contributed by atoms with van der Waals surface area (Å²) < 4.78 is 5.37. The zero-order chi connectivity index (χ0) is 14.8. The maximum absolute atomic E-state index is 10.9. The predicted octanol–water partition coefficient (Wildman–Crippen LogP) is 3.99. The van der Waals surface area contributed by atoms with Crippen LogP contribution in [0.1, 0.15) is 50.2 Å². The third-order valence-corrected chi connectivity index (χ3v) is 4.36. The van der Waals surface area contributed by atoms with E-state index in [2.05, 4.69) is 6.07 Å². The lowest BCUT2D eigenvalue weighted by Crippen LogP contribution is -2.22. The van der Waals surface area contributed by atoms with Gasteiger partial charge in [0.05, 0.1) is 6.42 Å². The summed E-state index contributed by atoms with van der Waals surface area (Å²) >= 11 is 6.42. The number of hydrogen-bond acceptors (Lipinski definition) is 2. The molecule has 2 rings (SSSR count). The normalized spacial score (nSPS) is 17.1. The van der Waals surface area contributed by atoms with Gasteiger partial charge in [-0.05, 0) is 36.0 Å². The van der Waals surface area contributed by atoms with E-state index < -0.39 is 11.4 Å². The SMILES string of the molecule is CC(C)(CC(=O)O)c1ccc(C2CCOCC2)c(Cl)c1. The van der Waals surface area contributed by atoms with Crippen molar-refractivity contribution >= 4 is 17.6 Å². The topological polar surface area (TPSA) is 46.5 Å². The fraction of sp³-hybridized carbons (Fsp3) is 0.562. The Hall–Kier alpha value is -1.06. The summed E-state index contributed by atoms with van der Waals surface area (Å²) in [5.74, 6) is -0.340. The highest BCUT2D eigenvalue weighted by Gasteiger charge is 2.26. The molecule has 0 unspecified atom stereocenters. The van der Waals surface area contributed by atoms with Crippen molar-refractivity contribution in [1.29, 1.82) is 0 Å². The van der Waals surface area contributed by atoms with E-state index >= 15 is 0 Å². The maximum atomic E-state index is 10.9. The number of carbonyl (C=O) groups is 1. The minimum absolute atomic E-state index is 0.0972. The molecule has 0 bridgehead atoms. The molecule has 0 saturated carbocycles. The molecule has 0 radical (unpaired) electrons. The molecule has 1 heterocycles. The molecule has 1 aliphatic rings. The van der Waals surface area contributed by atoms with Crippen molar-refractivity contribution in [2.45, 2.75) is 44.4 Å². The molecule has 0 spiro atoms. The number of halogens is 1. The standard InChI is InChI=1S/C16H21ClO3/c1-16(2,10-15(18)19)12-3-4-13(14(17)9-12)11-5-7-20-8-6-11/h3-4,9,11H,5-8,10H2,1-2H3,(H,18,19). The summed E-state index contributed by atoms with van der Waals surface area (Å²) in [5.41, 5.74) is 1.72. The van der Waals surface area contributed by atoms with Crippen molar-refractivity contribution in [3.63, 3.8) is 0 Å². The number of carboxylic acids is 1. The molecule has 0 aromatic heterocycles. The van der Waals surface area contributed by atoms with Crippen LogP contribution in [0.15, 0.2) is 18.2 Å². The minimum atomic E-state index is -0.792. The smallest absolute Gasteiger partial charge is 0.304 e. The van der Waals surface area contributed by atoms with Gasteiger partial charge in [0.2, 0.25) is 0 Å². The van der Waals surface area contributed by atoms with E-state index in [1.807, 2.05) is 26.0 Å². The average molecular weight is 297 g/mol. The molecule has 0 amide bonds. The quantitative estimate of drug-likeness (QED) is 0.914. The largest absolute Gasteiger partial charge is 0.481 e. The van der Waals surface area contributed by atoms with Crippen LogP contribution in [0.3, 0.4) is 0 Å². The van der Waals surface area contributed by atoms with Crippen LogP contribution in [-0.4, -0.2) is 24.3 Å². The third-order valence-electron chi connectivity index (χ3n) is 4.04. The lowest BCUT2D eigenvalue weighted by molar-refractivity contribution is -0.138. The fourth-order valence-corrected chi connectivity index (χ4v) is 3.10. The second-order valence-corrected chi connectivity index (χ2v) is 6.48. The Bertz CT molecular complexity index is 490. The second kappa shape index (κ2) is 6.15. The number of ether oxygens (including phenoxy) is 1. The molecule has 0 atom stereocenters. The van der Waals surface area contributed by atoms with Crippen molar-refractivity contribution in [1.82, 2.24) is 0 Å². The van der Waals surface area contributed by atoms with Crippen LogP contribution in [0.4, 0.5) is 0 Å². The lowest BCUT2D eigenvalue weighted by Gasteiger charge is -2.27. The Morgan fingerprint density at radius 3 is 2.60 bits per heavy atom. The molecule has 0 aliphatic carbocycles. The molecule has 110 valence electrons. The number of carboxylic acid groups (broad SMARTS) is 1. The molecule has 1 saturated heterocycles. The van der Waals surface area contributed by atoms with E-state index in [0.29, 0.717) is 5.92 Å². The summed E-state index contributed by atoms with van der Waals surface area (Å²) in [7, 11) is 0. The molecule has 4 heteroatoms. The number of benzene rings is 1. The van der Waals surface area contributed by atoms with Gasteiger partial charge in [-0.1, -0.05) is 37.6 Å². The lowest BCUT2D eigenvalue weighted by atomic mass is 9.80. The third kappa shape index (κ3) is 3.53. The zero-order valence-corrected chi connectivity index (χ0v) is 12.7. The summed E-state index contributed by atoms with van der Waals surface area (Å²) in [6.07, 6.45) is 2.09. The number of aliphatic carboxylic acids is 1. The van der Waals surface area contributed by atoms with E-state index in [1.165, 1.54) is 0 Å². The van der Waals surface area contributed by atoms with Crippen molar-refractivity contribution in [3.8, 4) is 0 Å². The molecular formula is C16H21ClO3. The first kappa shape index (κ1) is 15.3. The van der Waals surface area contributed by atoms with Crippen LogP contribution in [0.2, 0.25) is 5.02 Å². The van der Waals surface area contributed by atoms with E-state index in [9.17, 15) is 4.79 Å². The first-order valence-electron chi connectivity index (χ1n) is 6.99. The Kier molecular flexibility index (Phi) is 4.71. The van der Waals surface area contributed by atoms with Crippen molar-refractivity contribution in [3.05, 3.63) is 34.3 Å². The summed E-state index contributed by atoms with van der Waals surface area (Å²) in [6, 6.07) is 5.99. The summed E-state index contributed by atoms with van der Waals surface area (Å²) in [4.78, 5) is 10.9. The van der Waals surface area contributed by atoms with Gasteiger partial charge >= 0.3 is 5.97 Å². The summed E-state index contributed by atoms with van der Waals surface area (Å²) in [5, 5.41) is 9.73. The molecule has 20 heavy (non-hydrogen) atoms. The van der Waals surface area contributed by atoms with Gasteiger partial charge in [-0.15, -0.1) is 0 Å². The molecule has 1 aromatic rings.